The van der Waals surface area contributed by atoms with Gasteiger partial charge in [0.1, 0.15) is 0 Å². The molecule has 0 saturated carbocycles. The van der Waals surface area contributed by atoms with Gasteiger partial charge in [0.05, 0.1) is 6.26 Å². The molecule has 0 aliphatic carbocycles. The van der Waals surface area contributed by atoms with Crippen LogP contribution < -0.4 is 5.32 Å². The fourth-order valence-electron chi connectivity index (χ4n) is 4.01. The summed E-state index contributed by atoms with van der Waals surface area (Å²) < 4.78 is 24.9. The Balaban J connectivity index is 1.49. The number of fused-ring (bicyclic) bond motifs is 3. The molecule has 6 heteroatoms. The van der Waals surface area contributed by atoms with Gasteiger partial charge in [-0.3, -0.25) is 0 Å². The number of piperidine rings is 4. The van der Waals surface area contributed by atoms with Gasteiger partial charge in [-0.15, -0.1) is 0 Å². The van der Waals surface area contributed by atoms with Crippen molar-refractivity contribution in [3.63, 3.8) is 0 Å². The summed E-state index contributed by atoms with van der Waals surface area (Å²) in [5, 5.41) is 3.73. The van der Waals surface area contributed by atoms with Crippen LogP contribution >= 0.6 is 0 Å². The third-order valence-electron chi connectivity index (χ3n) is 5.28. The minimum absolute atomic E-state index is 0.480. The Morgan fingerprint density at radius 1 is 1.10 bits per heavy atom. The molecule has 4 aliphatic rings. The second-order valence-corrected chi connectivity index (χ2v) is 8.76. The second kappa shape index (κ2) is 5.91. The Hall–Kier alpha value is -0.170. The van der Waals surface area contributed by atoms with Crippen LogP contribution in [-0.2, 0) is 10.0 Å². The molecule has 1 N–H and O–H groups in total. The first-order valence-electron chi connectivity index (χ1n) is 7.93. The lowest BCUT2D eigenvalue weighted by atomic mass is 9.83. The molecule has 4 aliphatic heterocycles. The quantitative estimate of drug-likeness (QED) is 0.814. The van der Waals surface area contributed by atoms with Crippen LogP contribution in [0.4, 0.5) is 0 Å². The maximum Gasteiger partial charge on any atom is 0.211 e. The Kier molecular flexibility index (Phi) is 4.36. The van der Waals surface area contributed by atoms with E-state index in [4.69, 9.17) is 0 Å². The molecule has 0 aromatic carbocycles. The fraction of sp³-hybridized carbons (Fsp3) is 1.00. The van der Waals surface area contributed by atoms with Crippen LogP contribution in [0.3, 0.4) is 0 Å². The molecule has 0 radical (unpaired) electrons. The van der Waals surface area contributed by atoms with Crippen LogP contribution in [0, 0.1) is 11.8 Å². The predicted octanol–water partition coefficient (Wildman–Crippen LogP) is 0.342. The van der Waals surface area contributed by atoms with Crippen molar-refractivity contribution in [3.05, 3.63) is 0 Å². The maximum atomic E-state index is 11.6. The molecule has 4 fully saturated rings. The lowest BCUT2D eigenvalue weighted by Crippen LogP contribution is -2.57. The Morgan fingerprint density at radius 2 is 1.85 bits per heavy atom. The summed E-state index contributed by atoms with van der Waals surface area (Å²) in [5.41, 5.74) is 0. The number of nitrogens with one attached hydrogen (secondary N) is 1. The van der Waals surface area contributed by atoms with Gasteiger partial charge in [0, 0.05) is 25.7 Å². The van der Waals surface area contributed by atoms with Crippen LogP contribution in [0.2, 0.25) is 0 Å². The number of hydrogen-bond donors (Lipinski definition) is 1. The largest absolute Gasteiger partial charge is 0.312 e. The van der Waals surface area contributed by atoms with Gasteiger partial charge in [-0.05, 0) is 57.2 Å². The average Bonchev–Trinajstić information content (AvgIpc) is 2.46. The minimum Gasteiger partial charge on any atom is -0.312 e. The number of rotatable bonds is 4. The van der Waals surface area contributed by atoms with E-state index in [1.54, 1.807) is 4.31 Å². The van der Waals surface area contributed by atoms with Crippen LogP contribution in [0.1, 0.15) is 25.7 Å². The molecular weight excluding hydrogens is 274 g/mol. The third kappa shape index (κ3) is 3.35. The zero-order valence-electron chi connectivity index (χ0n) is 12.4. The highest BCUT2D eigenvalue weighted by Crippen LogP contribution is 2.28. The van der Waals surface area contributed by atoms with Crippen molar-refractivity contribution in [2.24, 2.45) is 11.8 Å². The molecule has 4 rings (SSSR count). The summed E-state index contributed by atoms with van der Waals surface area (Å²) in [5.74, 6) is 1.32. The van der Waals surface area contributed by atoms with Crippen LogP contribution in [0.25, 0.3) is 0 Å². The van der Waals surface area contributed by atoms with Crippen molar-refractivity contribution < 1.29 is 8.42 Å². The van der Waals surface area contributed by atoms with Gasteiger partial charge in [-0.25, -0.2) is 12.7 Å². The average molecular weight is 301 g/mol. The van der Waals surface area contributed by atoms with E-state index in [9.17, 15) is 8.42 Å². The minimum atomic E-state index is -3.01. The van der Waals surface area contributed by atoms with Crippen molar-refractivity contribution in [1.29, 1.82) is 0 Å². The molecule has 20 heavy (non-hydrogen) atoms. The van der Waals surface area contributed by atoms with Gasteiger partial charge < -0.3 is 10.2 Å². The first-order valence-corrected chi connectivity index (χ1v) is 9.78. The van der Waals surface area contributed by atoms with E-state index < -0.39 is 10.0 Å². The summed E-state index contributed by atoms with van der Waals surface area (Å²) >= 11 is 0. The summed E-state index contributed by atoms with van der Waals surface area (Å²) in [6, 6.07) is 0.631. The van der Waals surface area contributed by atoms with Crippen molar-refractivity contribution in [2.75, 3.05) is 45.5 Å². The molecule has 5 nitrogen and oxygen atoms in total. The molecule has 2 atom stereocenters. The smallest absolute Gasteiger partial charge is 0.211 e. The van der Waals surface area contributed by atoms with Gasteiger partial charge in [0.2, 0.25) is 10.0 Å². The van der Waals surface area contributed by atoms with E-state index in [0.717, 1.165) is 25.3 Å². The summed E-state index contributed by atoms with van der Waals surface area (Å²) in [6.45, 7) is 6.11. The lowest BCUT2D eigenvalue weighted by Gasteiger charge is -2.45. The van der Waals surface area contributed by atoms with E-state index in [0.29, 0.717) is 25.0 Å². The van der Waals surface area contributed by atoms with E-state index in [1.807, 2.05) is 0 Å². The van der Waals surface area contributed by atoms with Gasteiger partial charge in [0.15, 0.2) is 0 Å². The molecule has 4 heterocycles. The van der Waals surface area contributed by atoms with Crippen LogP contribution in [-0.4, -0.2) is 69.2 Å². The monoisotopic (exact) mass is 301 g/mol. The Bertz CT molecular complexity index is 432. The lowest BCUT2D eigenvalue weighted by molar-refractivity contribution is 0.0692. The van der Waals surface area contributed by atoms with Gasteiger partial charge in [0.25, 0.3) is 0 Å². The Morgan fingerprint density at radius 3 is 2.45 bits per heavy atom. The number of sulfonamides is 1. The van der Waals surface area contributed by atoms with E-state index in [-0.39, 0.29) is 0 Å². The van der Waals surface area contributed by atoms with E-state index in [2.05, 4.69) is 10.2 Å². The highest BCUT2D eigenvalue weighted by molar-refractivity contribution is 7.88. The molecule has 0 aromatic heterocycles. The highest BCUT2D eigenvalue weighted by atomic mass is 32.2. The molecule has 116 valence electrons. The summed E-state index contributed by atoms with van der Waals surface area (Å²) in [6.07, 6.45) is 6.14. The van der Waals surface area contributed by atoms with Gasteiger partial charge in [-0.2, -0.15) is 0 Å². The standard InChI is InChI=1S/C14H27N3O2S/c1-20(18,19)17-6-2-3-12(10-17)9-15-14-11-16-7-4-13(14)5-8-16/h12-15H,2-11H2,1H3. The van der Waals surface area contributed by atoms with Gasteiger partial charge in [-0.1, -0.05) is 0 Å². The van der Waals surface area contributed by atoms with E-state index >= 15 is 0 Å². The predicted molar refractivity (Wildman–Crippen MR) is 80.1 cm³/mol. The highest BCUT2D eigenvalue weighted by Gasteiger charge is 2.34. The number of nitrogens with zero attached hydrogens (tertiary/aromatic N) is 2. The van der Waals surface area contributed by atoms with Crippen LogP contribution in [0.5, 0.6) is 0 Å². The van der Waals surface area contributed by atoms with Crippen molar-refractivity contribution >= 4 is 10.0 Å². The fourth-order valence-corrected chi connectivity index (χ4v) is 4.95. The van der Waals surface area contributed by atoms with E-state index in [1.165, 1.54) is 38.7 Å². The Labute approximate surface area is 122 Å². The van der Waals surface area contributed by atoms with Crippen LogP contribution in [0.15, 0.2) is 0 Å². The molecule has 0 amide bonds. The van der Waals surface area contributed by atoms with Gasteiger partial charge >= 0.3 is 0 Å². The summed E-state index contributed by atoms with van der Waals surface area (Å²) in [4.78, 5) is 2.56. The first kappa shape index (κ1) is 14.8. The van der Waals surface area contributed by atoms with Crippen molar-refractivity contribution in [1.82, 2.24) is 14.5 Å². The molecular formula is C14H27N3O2S. The first-order chi connectivity index (χ1) is 9.52. The third-order valence-corrected chi connectivity index (χ3v) is 6.55. The molecule has 4 saturated heterocycles. The maximum absolute atomic E-state index is 11.6. The van der Waals surface area contributed by atoms with Crippen molar-refractivity contribution in [3.8, 4) is 0 Å². The molecule has 0 spiro atoms. The topological polar surface area (TPSA) is 52.7 Å². The molecule has 2 bridgehead atoms. The molecule has 2 unspecified atom stereocenters. The molecule has 0 aromatic rings. The zero-order valence-corrected chi connectivity index (χ0v) is 13.2. The second-order valence-electron chi connectivity index (χ2n) is 6.78. The number of hydrogen-bond acceptors (Lipinski definition) is 4. The summed E-state index contributed by atoms with van der Waals surface area (Å²) in [7, 11) is -3.01. The van der Waals surface area contributed by atoms with Crippen molar-refractivity contribution in [2.45, 2.75) is 31.7 Å². The normalized spacial score (nSPS) is 39.0. The SMILES string of the molecule is CS(=O)(=O)N1CCCC(CNC2CN3CCC2CC3)C1. The zero-order chi connectivity index (χ0) is 14.2.